The first kappa shape index (κ1) is 17.7. The third kappa shape index (κ3) is 3.31. The van der Waals surface area contributed by atoms with Crippen molar-refractivity contribution < 1.29 is 9.53 Å². The Labute approximate surface area is 148 Å². The van der Waals surface area contributed by atoms with Crippen LogP contribution in [0.15, 0.2) is 24.3 Å². The molecule has 2 aliphatic rings. The van der Waals surface area contributed by atoms with Gasteiger partial charge in [-0.25, -0.2) is 0 Å². The summed E-state index contributed by atoms with van der Waals surface area (Å²) in [5.74, 6) is -0.318. The molecule has 1 unspecified atom stereocenters. The van der Waals surface area contributed by atoms with Gasteiger partial charge in [-0.2, -0.15) is 0 Å². The van der Waals surface area contributed by atoms with E-state index < -0.39 is 11.8 Å². The SMILES string of the molecule is CC1(C)OCC(C(N)=O)N1[C@@]1(Cc2ccc(Cl)cc2)CCCNC1. The summed E-state index contributed by atoms with van der Waals surface area (Å²) in [5.41, 5.74) is 6.17. The summed E-state index contributed by atoms with van der Waals surface area (Å²) < 4.78 is 5.94. The maximum atomic E-state index is 12.0. The van der Waals surface area contributed by atoms with Crippen LogP contribution in [0.4, 0.5) is 0 Å². The second-order valence-corrected chi connectivity index (χ2v) is 7.79. The third-order valence-electron chi connectivity index (χ3n) is 5.22. The number of primary amides is 1. The van der Waals surface area contributed by atoms with Gasteiger partial charge in [0.15, 0.2) is 0 Å². The fourth-order valence-electron chi connectivity index (χ4n) is 4.29. The van der Waals surface area contributed by atoms with Gasteiger partial charge in [-0.15, -0.1) is 0 Å². The highest BCUT2D eigenvalue weighted by Gasteiger charge is 2.54. The van der Waals surface area contributed by atoms with E-state index in [1.165, 1.54) is 5.56 Å². The number of nitrogens with one attached hydrogen (secondary N) is 1. The van der Waals surface area contributed by atoms with Crippen LogP contribution in [0, 0.1) is 0 Å². The van der Waals surface area contributed by atoms with Crippen molar-refractivity contribution in [2.24, 2.45) is 5.73 Å². The van der Waals surface area contributed by atoms with Crippen LogP contribution in [-0.4, -0.2) is 47.8 Å². The van der Waals surface area contributed by atoms with Gasteiger partial charge in [0.25, 0.3) is 0 Å². The summed E-state index contributed by atoms with van der Waals surface area (Å²) in [7, 11) is 0. The fraction of sp³-hybridized carbons (Fsp3) is 0.611. The zero-order chi connectivity index (χ0) is 17.4. The molecule has 6 heteroatoms. The van der Waals surface area contributed by atoms with Gasteiger partial charge in [0, 0.05) is 17.1 Å². The first-order valence-electron chi connectivity index (χ1n) is 8.52. The Kier molecular flexibility index (Phi) is 4.89. The van der Waals surface area contributed by atoms with Crippen molar-refractivity contribution in [1.29, 1.82) is 0 Å². The van der Waals surface area contributed by atoms with Gasteiger partial charge in [0.2, 0.25) is 5.91 Å². The summed E-state index contributed by atoms with van der Waals surface area (Å²) in [4.78, 5) is 14.3. The van der Waals surface area contributed by atoms with Crippen LogP contribution >= 0.6 is 11.6 Å². The molecule has 0 saturated carbocycles. The number of piperidine rings is 1. The summed E-state index contributed by atoms with van der Waals surface area (Å²) in [6, 6.07) is 7.55. The van der Waals surface area contributed by atoms with E-state index in [1.807, 2.05) is 26.0 Å². The van der Waals surface area contributed by atoms with E-state index in [2.05, 4.69) is 22.3 Å². The summed E-state index contributed by atoms with van der Waals surface area (Å²) in [6.07, 6.45) is 2.89. The van der Waals surface area contributed by atoms with Crippen LogP contribution in [-0.2, 0) is 16.0 Å². The van der Waals surface area contributed by atoms with Crippen molar-refractivity contribution in [2.45, 2.75) is 50.4 Å². The van der Waals surface area contributed by atoms with Gasteiger partial charge in [0.1, 0.15) is 11.8 Å². The Hall–Kier alpha value is -1.14. The molecule has 0 aliphatic carbocycles. The quantitative estimate of drug-likeness (QED) is 0.869. The van der Waals surface area contributed by atoms with E-state index in [-0.39, 0.29) is 11.4 Å². The lowest BCUT2D eigenvalue weighted by molar-refractivity contribution is -0.135. The number of halogens is 1. The second kappa shape index (κ2) is 6.64. The minimum absolute atomic E-state index is 0.203. The van der Waals surface area contributed by atoms with Crippen LogP contribution in [0.3, 0.4) is 0 Å². The minimum atomic E-state index is -0.523. The zero-order valence-electron chi connectivity index (χ0n) is 14.3. The van der Waals surface area contributed by atoms with E-state index in [0.717, 1.165) is 37.4 Å². The lowest BCUT2D eigenvalue weighted by Gasteiger charge is -2.51. The molecule has 2 fully saturated rings. The summed E-state index contributed by atoms with van der Waals surface area (Å²) >= 11 is 6.02. The van der Waals surface area contributed by atoms with Crippen LogP contribution in [0.1, 0.15) is 32.3 Å². The van der Waals surface area contributed by atoms with E-state index in [0.29, 0.717) is 6.61 Å². The first-order valence-corrected chi connectivity index (χ1v) is 8.90. The number of hydrogen-bond donors (Lipinski definition) is 2. The Morgan fingerprint density at radius 3 is 2.71 bits per heavy atom. The van der Waals surface area contributed by atoms with Crippen molar-refractivity contribution in [1.82, 2.24) is 10.2 Å². The molecule has 0 aromatic heterocycles. The number of nitrogens with zero attached hydrogens (tertiary/aromatic N) is 1. The first-order chi connectivity index (χ1) is 11.3. The summed E-state index contributed by atoms with van der Waals surface area (Å²) in [5, 5.41) is 4.24. The Morgan fingerprint density at radius 2 is 2.12 bits per heavy atom. The molecule has 2 saturated heterocycles. The minimum Gasteiger partial charge on any atom is -0.368 e. The molecule has 3 N–H and O–H groups in total. The normalized spacial score (nSPS) is 30.4. The van der Waals surface area contributed by atoms with Crippen LogP contribution < -0.4 is 11.1 Å². The maximum absolute atomic E-state index is 12.0. The van der Waals surface area contributed by atoms with Gasteiger partial charge < -0.3 is 15.8 Å². The molecule has 2 heterocycles. The molecule has 5 nitrogen and oxygen atoms in total. The molecule has 2 aliphatic heterocycles. The monoisotopic (exact) mass is 351 g/mol. The number of hydrogen-bond acceptors (Lipinski definition) is 4. The summed E-state index contributed by atoms with van der Waals surface area (Å²) in [6.45, 7) is 6.21. The highest BCUT2D eigenvalue weighted by atomic mass is 35.5. The predicted octanol–water partition coefficient (Wildman–Crippen LogP) is 1.93. The number of amides is 1. The number of rotatable bonds is 4. The standard InChI is InChI=1S/C18H26ClN3O2/c1-17(2)22(15(11-24-17)16(20)23)18(8-3-9-21-12-18)10-13-4-6-14(19)7-5-13/h4-7,15,21H,3,8-12H2,1-2H3,(H2,20,23)/t15?,18-/m1/s1. The average molecular weight is 352 g/mol. The Balaban J connectivity index is 1.97. The van der Waals surface area contributed by atoms with E-state index in [4.69, 9.17) is 22.1 Å². The molecule has 0 spiro atoms. The van der Waals surface area contributed by atoms with E-state index in [1.54, 1.807) is 0 Å². The van der Waals surface area contributed by atoms with Crippen molar-refractivity contribution in [3.63, 3.8) is 0 Å². The number of carbonyl (C=O) groups is 1. The number of nitrogens with two attached hydrogens (primary N) is 1. The Bertz CT molecular complexity index is 597. The lowest BCUT2D eigenvalue weighted by Crippen LogP contribution is -2.67. The van der Waals surface area contributed by atoms with Crippen LogP contribution in [0.5, 0.6) is 0 Å². The maximum Gasteiger partial charge on any atom is 0.237 e. The van der Waals surface area contributed by atoms with Crippen LogP contribution in [0.25, 0.3) is 0 Å². The van der Waals surface area contributed by atoms with Crippen LogP contribution in [0.2, 0.25) is 5.02 Å². The number of benzene rings is 1. The molecular formula is C18H26ClN3O2. The van der Waals surface area contributed by atoms with Gasteiger partial charge in [-0.1, -0.05) is 23.7 Å². The van der Waals surface area contributed by atoms with Crippen molar-refractivity contribution in [3.05, 3.63) is 34.9 Å². The molecule has 1 aromatic rings. The lowest BCUT2D eigenvalue weighted by atomic mass is 9.80. The molecule has 0 bridgehead atoms. The third-order valence-corrected chi connectivity index (χ3v) is 5.47. The van der Waals surface area contributed by atoms with Crippen molar-refractivity contribution >= 4 is 17.5 Å². The predicted molar refractivity (Wildman–Crippen MR) is 94.8 cm³/mol. The number of ether oxygens (including phenoxy) is 1. The molecule has 1 amide bonds. The van der Waals surface area contributed by atoms with Gasteiger partial charge in [-0.3, -0.25) is 9.69 Å². The Morgan fingerprint density at radius 1 is 1.42 bits per heavy atom. The molecular weight excluding hydrogens is 326 g/mol. The van der Waals surface area contributed by atoms with Crippen molar-refractivity contribution in [2.75, 3.05) is 19.7 Å². The topological polar surface area (TPSA) is 67.6 Å². The highest BCUT2D eigenvalue weighted by Crippen LogP contribution is 2.40. The smallest absolute Gasteiger partial charge is 0.237 e. The van der Waals surface area contributed by atoms with Gasteiger partial charge in [0.05, 0.1) is 6.61 Å². The zero-order valence-corrected chi connectivity index (χ0v) is 15.1. The second-order valence-electron chi connectivity index (χ2n) is 7.35. The molecule has 3 rings (SSSR count). The van der Waals surface area contributed by atoms with Gasteiger partial charge in [-0.05, 0) is 57.4 Å². The molecule has 1 aromatic carbocycles. The van der Waals surface area contributed by atoms with E-state index >= 15 is 0 Å². The van der Waals surface area contributed by atoms with Crippen molar-refractivity contribution in [3.8, 4) is 0 Å². The average Bonchev–Trinajstić information content (AvgIpc) is 2.87. The number of carbonyl (C=O) groups excluding carboxylic acids is 1. The molecule has 2 atom stereocenters. The highest BCUT2D eigenvalue weighted by molar-refractivity contribution is 6.30. The molecule has 0 radical (unpaired) electrons. The largest absolute Gasteiger partial charge is 0.368 e. The van der Waals surface area contributed by atoms with Gasteiger partial charge >= 0.3 is 0 Å². The molecule has 24 heavy (non-hydrogen) atoms. The fourth-order valence-corrected chi connectivity index (χ4v) is 4.42. The molecule has 132 valence electrons. The van der Waals surface area contributed by atoms with E-state index in [9.17, 15) is 4.79 Å².